The van der Waals surface area contributed by atoms with Gasteiger partial charge in [0.1, 0.15) is 0 Å². The molecule has 0 aliphatic heterocycles. The molecule has 2 heterocycles. The summed E-state index contributed by atoms with van der Waals surface area (Å²) in [5, 5.41) is 3.98. The van der Waals surface area contributed by atoms with E-state index in [2.05, 4.69) is 201 Å². The van der Waals surface area contributed by atoms with Crippen LogP contribution in [0.5, 0.6) is 0 Å². The van der Waals surface area contributed by atoms with Gasteiger partial charge in [-0.2, -0.15) is 0 Å². The second kappa shape index (κ2) is 12.6. The molecule has 2 nitrogen and oxygen atoms in total. The minimum Gasteiger partial charge on any atom is -0.313 e. The van der Waals surface area contributed by atoms with E-state index in [1.54, 1.807) is 5.57 Å². The summed E-state index contributed by atoms with van der Waals surface area (Å²) in [6, 6.07) is 59.0. The molecular weight excluding hydrogens is 677 g/mol. The van der Waals surface area contributed by atoms with Crippen LogP contribution in [0.3, 0.4) is 0 Å². The zero-order chi connectivity index (χ0) is 37.7. The Morgan fingerprint density at radius 1 is 0.446 bits per heavy atom. The second-order valence-corrected chi connectivity index (χ2v) is 16.4. The van der Waals surface area contributed by atoms with E-state index in [0.717, 1.165) is 6.42 Å². The maximum Gasteiger partial charge on any atom is 0.0544 e. The summed E-state index contributed by atoms with van der Waals surface area (Å²) >= 11 is 0. The summed E-state index contributed by atoms with van der Waals surface area (Å²) in [4.78, 5) is 0. The van der Waals surface area contributed by atoms with Gasteiger partial charge in [-0.05, 0) is 126 Å². The van der Waals surface area contributed by atoms with Crippen LogP contribution in [0.25, 0.3) is 72.4 Å². The lowest BCUT2D eigenvalue weighted by molar-refractivity contribution is 0.481. The van der Waals surface area contributed by atoms with Crippen LogP contribution in [0.15, 0.2) is 163 Å². The number of hydrogen-bond acceptors (Lipinski definition) is 0. The molecule has 2 aliphatic rings. The molecule has 0 amide bonds. The fourth-order valence-corrected chi connectivity index (χ4v) is 10.1. The van der Waals surface area contributed by atoms with E-state index >= 15 is 0 Å². The molecule has 2 heteroatoms. The van der Waals surface area contributed by atoms with E-state index in [1.807, 2.05) is 0 Å². The van der Waals surface area contributed by atoms with Gasteiger partial charge in [0.15, 0.2) is 0 Å². The normalized spacial score (nSPS) is 17.5. The number of fused-ring (bicyclic) bond motifs is 9. The van der Waals surface area contributed by atoms with Crippen molar-refractivity contribution in [2.75, 3.05) is 0 Å². The van der Waals surface area contributed by atoms with Gasteiger partial charge in [0.2, 0.25) is 0 Å². The Morgan fingerprint density at radius 3 is 1.62 bits per heavy atom. The van der Waals surface area contributed by atoms with Crippen LogP contribution in [0, 0.1) is 19.8 Å². The Balaban J connectivity index is 1.14. The molecule has 9 aromatic rings. The highest BCUT2D eigenvalue weighted by atomic mass is 15.0. The van der Waals surface area contributed by atoms with Gasteiger partial charge in [0, 0.05) is 44.7 Å². The summed E-state index contributed by atoms with van der Waals surface area (Å²) in [6.07, 6.45) is 3.56. The Kier molecular flexibility index (Phi) is 7.41. The van der Waals surface area contributed by atoms with Crippen molar-refractivity contribution >= 4 is 38.8 Å². The van der Waals surface area contributed by atoms with Crippen molar-refractivity contribution in [2.24, 2.45) is 5.92 Å². The van der Waals surface area contributed by atoms with Crippen LogP contribution >= 0.6 is 0 Å². The smallest absolute Gasteiger partial charge is 0.0544 e. The molecule has 0 saturated carbocycles. The maximum absolute atomic E-state index is 2.60. The van der Waals surface area contributed by atoms with Gasteiger partial charge in [-0.15, -0.1) is 0 Å². The summed E-state index contributed by atoms with van der Waals surface area (Å²) in [6.45, 7) is 9.29. The Labute approximate surface area is 329 Å². The number of rotatable bonds is 4. The third kappa shape index (κ3) is 5.02. The van der Waals surface area contributed by atoms with Crippen molar-refractivity contribution in [1.29, 1.82) is 0 Å². The third-order valence-electron chi connectivity index (χ3n) is 13.1. The van der Waals surface area contributed by atoms with Crippen LogP contribution in [-0.4, -0.2) is 9.13 Å². The number of benzene rings is 7. The molecule has 3 atom stereocenters. The first-order valence-electron chi connectivity index (χ1n) is 20.2. The molecule has 0 bridgehead atoms. The zero-order valence-corrected chi connectivity index (χ0v) is 32.4. The lowest BCUT2D eigenvalue weighted by Gasteiger charge is -2.40. The van der Waals surface area contributed by atoms with Gasteiger partial charge >= 0.3 is 0 Å². The van der Waals surface area contributed by atoms with Crippen molar-refractivity contribution < 1.29 is 0 Å². The van der Waals surface area contributed by atoms with E-state index in [-0.39, 0.29) is 0 Å². The molecule has 2 aliphatic carbocycles. The number of aryl methyl sites for hydroxylation is 2. The fraction of sp³-hybridized carbons (Fsp3) is 0.148. The lowest BCUT2D eigenvalue weighted by Crippen LogP contribution is -2.27. The van der Waals surface area contributed by atoms with E-state index in [9.17, 15) is 0 Å². The zero-order valence-electron chi connectivity index (χ0n) is 32.4. The van der Waals surface area contributed by atoms with E-state index < -0.39 is 0 Å². The highest BCUT2D eigenvalue weighted by Gasteiger charge is 2.39. The van der Waals surface area contributed by atoms with Gasteiger partial charge in [0.05, 0.1) is 16.6 Å². The standard InChI is InChI=1S/C54H44N2/c1-33-13-11-15-37(25-33)39-21-23-51-47(27-39)49-29-43-35(3)36(4)44-30-50-48-28-40(38-16-12-14-34(2)26-38)22-24-52(48)56(42-19-9-6-10-20-42)54(50)32-46(44)45(43)31-53(49)55(51)41-17-7-5-8-18-41/h5-31,35-36,46H,32H2,1-4H3. The monoisotopic (exact) mass is 720 g/mol. The van der Waals surface area contributed by atoms with E-state index in [4.69, 9.17) is 0 Å². The molecule has 3 unspecified atom stereocenters. The van der Waals surface area contributed by atoms with Crippen LogP contribution in [0.1, 0.15) is 59.2 Å². The summed E-state index contributed by atoms with van der Waals surface area (Å²) in [5.74, 6) is 1.10. The quantitative estimate of drug-likeness (QED) is 0.171. The Hall–Kier alpha value is -6.38. The Morgan fingerprint density at radius 2 is 1.00 bits per heavy atom. The number of allylic oxidation sites excluding steroid dienone is 1. The maximum atomic E-state index is 2.60. The number of aromatic nitrogens is 2. The molecule has 270 valence electrons. The minimum absolute atomic E-state index is 0.293. The fourth-order valence-electron chi connectivity index (χ4n) is 10.1. The number of nitrogens with zero attached hydrogens (tertiary/aromatic N) is 2. The molecule has 11 rings (SSSR count). The lowest BCUT2D eigenvalue weighted by atomic mass is 9.65. The third-order valence-corrected chi connectivity index (χ3v) is 13.1. The predicted octanol–water partition coefficient (Wildman–Crippen LogP) is 14.2. The van der Waals surface area contributed by atoms with Crippen molar-refractivity contribution in [3.05, 3.63) is 197 Å². The predicted molar refractivity (Wildman–Crippen MR) is 236 cm³/mol. The first-order chi connectivity index (χ1) is 27.4. The largest absolute Gasteiger partial charge is 0.313 e. The van der Waals surface area contributed by atoms with Gasteiger partial charge in [-0.1, -0.05) is 134 Å². The minimum atomic E-state index is 0.293. The molecule has 0 saturated heterocycles. The summed E-state index contributed by atoms with van der Waals surface area (Å²) in [7, 11) is 0. The molecule has 0 radical (unpaired) electrons. The van der Waals surface area contributed by atoms with Gasteiger partial charge in [0.25, 0.3) is 0 Å². The molecule has 56 heavy (non-hydrogen) atoms. The SMILES string of the molecule is Cc1cccc(-c2ccc3c(c2)c2c(n3-c3ccccc3)CC3C(=C2)C(C)C(C)c2cc4c5cc(-c6cccc(C)c6)ccc5n(-c5ccccc5)c4cc23)c1. The Bertz CT molecular complexity index is 3050. The molecule has 0 N–H and O–H groups in total. The average molecular weight is 721 g/mol. The first kappa shape index (κ1) is 33.0. The van der Waals surface area contributed by atoms with Crippen molar-refractivity contribution in [3.8, 4) is 33.6 Å². The second-order valence-electron chi connectivity index (χ2n) is 16.4. The topological polar surface area (TPSA) is 9.86 Å². The first-order valence-corrected chi connectivity index (χ1v) is 20.2. The summed E-state index contributed by atoms with van der Waals surface area (Å²) < 4.78 is 5.05. The van der Waals surface area contributed by atoms with E-state index in [1.165, 1.54) is 99.8 Å². The number of hydrogen-bond donors (Lipinski definition) is 0. The van der Waals surface area contributed by atoms with Crippen LogP contribution in [-0.2, 0) is 6.42 Å². The highest BCUT2D eigenvalue weighted by molar-refractivity contribution is 6.11. The van der Waals surface area contributed by atoms with Gasteiger partial charge in [-0.3, -0.25) is 0 Å². The van der Waals surface area contributed by atoms with Crippen LogP contribution < -0.4 is 0 Å². The molecule has 7 aromatic carbocycles. The van der Waals surface area contributed by atoms with Crippen molar-refractivity contribution in [2.45, 2.75) is 46.0 Å². The van der Waals surface area contributed by atoms with Gasteiger partial charge < -0.3 is 9.13 Å². The van der Waals surface area contributed by atoms with Gasteiger partial charge in [-0.25, -0.2) is 0 Å². The number of para-hydroxylation sites is 2. The molecular formula is C54H44N2. The van der Waals surface area contributed by atoms with Crippen LogP contribution in [0.2, 0.25) is 0 Å². The summed E-state index contributed by atoms with van der Waals surface area (Å²) in [5.41, 5.74) is 21.2. The molecule has 2 aromatic heterocycles. The van der Waals surface area contributed by atoms with Crippen LogP contribution in [0.4, 0.5) is 0 Å². The van der Waals surface area contributed by atoms with Crippen molar-refractivity contribution in [1.82, 2.24) is 9.13 Å². The van der Waals surface area contributed by atoms with E-state index in [0.29, 0.717) is 17.8 Å². The molecule has 0 fully saturated rings. The highest BCUT2D eigenvalue weighted by Crippen LogP contribution is 2.53. The molecule has 0 spiro atoms. The van der Waals surface area contributed by atoms with Crippen molar-refractivity contribution in [3.63, 3.8) is 0 Å². The average Bonchev–Trinajstić information content (AvgIpc) is 3.73.